The van der Waals surface area contributed by atoms with Crippen molar-refractivity contribution in [3.8, 4) is 11.3 Å². The van der Waals surface area contributed by atoms with Crippen molar-refractivity contribution in [2.75, 3.05) is 12.3 Å². The molecule has 30 heavy (non-hydrogen) atoms. The van der Waals surface area contributed by atoms with Crippen molar-refractivity contribution < 1.29 is 0 Å². The van der Waals surface area contributed by atoms with E-state index in [-0.39, 0.29) is 5.84 Å². The zero-order valence-corrected chi connectivity index (χ0v) is 17.2. The summed E-state index contributed by atoms with van der Waals surface area (Å²) in [4.78, 5) is 12.9. The molecule has 0 fully saturated rings. The normalized spacial score (nSPS) is 11.6. The molecule has 4 aromatic rings. The summed E-state index contributed by atoms with van der Waals surface area (Å²) in [6.07, 6.45) is 3.12. The van der Waals surface area contributed by atoms with E-state index in [1.165, 1.54) is 11.9 Å². The number of aryl methyl sites for hydroxylation is 1. The Labute approximate surface area is 174 Å². The van der Waals surface area contributed by atoms with Crippen molar-refractivity contribution in [2.45, 2.75) is 26.3 Å². The van der Waals surface area contributed by atoms with Gasteiger partial charge in [-0.3, -0.25) is 10.4 Å². The summed E-state index contributed by atoms with van der Waals surface area (Å²) < 4.78 is 1.86. The molecule has 0 unspecified atom stereocenters. The molecule has 0 aliphatic rings. The molecule has 0 amide bonds. The number of nitrogens with zero attached hydrogens (tertiary/aromatic N) is 5. The third kappa shape index (κ3) is 3.59. The number of amidine groups is 1. The molecule has 0 aliphatic carbocycles. The average Bonchev–Trinajstić information content (AvgIpc) is 3.15. The third-order valence-corrected chi connectivity index (χ3v) is 5.01. The molecular weight excluding hydrogens is 376 g/mol. The number of nitrogen functional groups attached to an aromatic ring is 1. The van der Waals surface area contributed by atoms with Crippen molar-refractivity contribution in [3.05, 3.63) is 66.2 Å². The Morgan fingerprint density at radius 2 is 1.87 bits per heavy atom. The van der Waals surface area contributed by atoms with Gasteiger partial charge >= 0.3 is 0 Å². The molecule has 0 spiro atoms. The van der Waals surface area contributed by atoms with Crippen molar-refractivity contribution >= 4 is 22.7 Å². The highest BCUT2D eigenvalue weighted by Crippen LogP contribution is 2.32. The first-order chi connectivity index (χ1) is 14.4. The number of pyridine rings is 1. The molecule has 4 rings (SSSR count). The summed E-state index contributed by atoms with van der Waals surface area (Å²) in [6, 6.07) is 13.6. The van der Waals surface area contributed by atoms with E-state index in [0.717, 1.165) is 16.6 Å². The lowest BCUT2D eigenvalue weighted by Crippen LogP contribution is -2.41. The van der Waals surface area contributed by atoms with Gasteiger partial charge in [0.2, 0.25) is 0 Å². The lowest BCUT2D eigenvalue weighted by atomic mass is 10.1. The van der Waals surface area contributed by atoms with Gasteiger partial charge in [0.1, 0.15) is 29.4 Å². The van der Waals surface area contributed by atoms with Gasteiger partial charge in [0.15, 0.2) is 5.65 Å². The van der Waals surface area contributed by atoms with Crippen LogP contribution in [0.15, 0.2) is 55.0 Å². The van der Waals surface area contributed by atoms with Gasteiger partial charge < -0.3 is 11.1 Å². The Bertz CT molecular complexity index is 1190. The van der Waals surface area contributed by atoms with E-state index < -0.39 is 5.54 Å². The molecule has 8 nitrogen and oxygen atoms in total. The Hall–Kier alpha value is -3.81. The fraction of sp³-hybridized carbons (Fsp3) is 0.227. The van der Waals surface area contributed by atoms with Gasteiger partial charge in [-0.05, 0) is 32.9 Å². The molecule has 1 aromatic carbocycles. The highest BCUT2D eigenvalue weighted by Gasteiger charge is 2.28. The first-order valence-corrected chi connectivity index (χ1v) is 9.67. The van der Waals surface area contributed by atoms with Crippen molar-refractivity contribution in [1.29, 1.82) is 5.41 Å². The van der Waals surface area contributed by atoms with E-state index in [0.29, 0.717) is 23.7 Å². The van der Waals surface area contributed by atoms with E-state index in [1.54, 1.807) is 12.3 Å². The van der Waals surface area contributed by atoms with E-state index in [4.69, 9.17) is 16.2 Å². The number of aromatic nitrogens is 5. The number of anilines is 1. The smallest absolute Gasteiger partial charge is 0.164 e. The molecule has 0 atom stereocenters. The molecule has 3 heterocycles. The predicted molar refractivity (Wildman–Crippen MR) is 118 cm³/mol. The monoisotopic (exact) mass is 400 g/mol. The predicted octanol–water partition coefficient (Wildman–Crippen LogP) is 3.13. The lowest BCUT2D eigenvalue weighted by Gasteiger charge is -2.26. The van der Waals surface area contributed by atoms with Crippen LogP contribution in [0.4, 0.5) is 5.82 Å². The second kappa shape index (κ2) is 7.55. The summed E-state index contributed by atoms with van der Waals surface area (Å²) in [5.74, 6) is 0.653. The molecule has 0 aliphatic heterocycles. The van der Waals surface area contributed by atoms with Gasteiger partial charge in [0, 0.05) is 18.3 Å². The largest absolute Gasteiger partial charge is 0.383 e. The fourth-order valence-electron chi connectivity index (χ4n) is 3.29. The topological polar surface area (TPSA) is 118 Å². The molecule has 152 valence electrons. The summed E-state index contributed by atoms with van der Waals surface area (Å²) in [6.45, 7) is 6.57. The number of rotatable bonds is 5. The van der Waals surface area contributed by atoms with E-state index >= 15 is 0 Å². The minimum Gasteiger partial charge on any atom is -0.383 e. The van der Waals surface area contributed by atoms with Crippen LogP contribution in [0.5, 0.6) is 0 Å². The van der Waals surface area contributed by atoms with Gasteiger partial charge in [0.05, 0.1) is 10.9 Å². The van der Waals surface area contributed by atoms with Crippen LogP contribution in [-0.2, 0) is 5.54 Å². The average molecular weight is 400 g/mol. The van der Waals surface area contributed by atoms with Crippen LogP contribution in [0.1, 0.15) is 25.1 Å². The number of nitrogens with one attached hydrogen (secondary N) is 2. The second-order valence-corrected chi connectivity index (χ2v) is 7.84. The van der Waals surface area contributed by atoms with Crippen LogP contribution in [0.2, 0.25) is 0 Å². The third-order valence-electron chi connectivity index (χ3n) is 5.01. The number of benzene rings is 1. The standard InChI is InChI=1S/C22H24N8/c1-14-7-9-15(10-8-14)18-17-20(24)27-13-28-21(17)30(29-18)22(2,3)12-26-19(23)16-6-4-5-11-25-16/h4-11,13H,12H2,1-3H3,(H2,23,26)(H2,24,27,28). The molecule has 0 saturated heterocycles. The number of hydrogen-bond acceptors (Lipinski definition) is 6. The van der Waals surface area contributed by atoms with Crippen LogP contribution >= 0.6 is 0 Å². The molecule has 0 radical (unpaired) electrons. The van der Waals surface area contributed by atoms with E-state index in [9.17, 15) is 0 Å². The first-order valence-electron chi connectivity index (χ1n) is 9.67. The Morgan fingerprint density at radius 1 is 1.10 bits per heavy atom. The first kappa shape index (κ1) is 19.5. The fourth-order valence-corrected chi connectivity index (χ4v) is 3.29. The Kier molecular flexibility index (Phi) is 4.91. The van der Waals surface area contributed by atoms with Crippen molar-refractivity contribution in [1.82, 2.24) is 30.0 Å². The highest BCUT2D eigenvalue weighted by atomic mass is 15.4. The van der Waals surface area contributed by atoms with Gasteiger partial charge in [-0.15, -0.1) is 0 Å². The molecule has 0 bridgehead atoms. The molecule has 0 saturated carbocycles. The van der Waals surface area contributed by atoms with Gasteiger partial charge in [-0.1, -0.05) is 35.9 Å². The number of fused-ring (bicyclic) bond motifs is 1. The maximum atomic E-state index is 8.28. The number of nitrogens with two attached hydrogens (primary N) is 1. The van der Waals surface area contributed by atoms with Gasteiger partial charge in [-0.25, -0.2) is 14.6 Å². The van der Waals surface area contributed by atoms with Gasteiger partial charge in [0.25, 0.3) is 0 Å². The van der Waals surface area contributed by atoms with Crippen molar-refractivity contribution in [2.24, 2.45) is 0 Å². The summed E-state index contributed by atoms with van der Waals surface area (Å²) in [5, 5.41) is 17.1. The van der Waals surface area contributed by atoms with Crippen molar-refractivity contribution in [3.63, 3.8) is 0 Å². The Morgan fingerprint density at radius 3 is 2.57 bits per heavy atom. The molecule has 8 heteroatoms. The lowest BCUT2D eigenvalue weighted by molar-refractivity contribution is 0.327. The highest BCUT2D eigenvalue weighted by molar-refractivity contribution is 5.98. The number of hydrogen-bond donors (Lipinski definition) is 3. The van der Waals surface area contributed by atoms with Gasteiger partial charge in [-0.2, -0.15) is 5.10 Å². The second-order valence-electron chi connectivity index (χ2n) is 7.84. The maximum Gasteiger partial charge on any atom is 0.164 e. The van der Waals surface area contributed by atoms with Crippen LogP contribution in [0.25, 0.3) is 22.3 Å². The van der Waals surface area contributed by atoms with Crippen LogP contribution in [0.3, 0.4) is 0 Å². The zero-order valence-electron chi connectivity index (χ0n) is 17.2. The summed E-state index contributed by atoms with van der Waals surface area (Å²) in [7, 11) is 0. The summed E-state index contributed by atoms with van der Waals surface area (Å²) >= 11 is 0. The summed E-state index contributed by atoms with van der Waals surface area (Å²) in [5.41, 5.74) is 9.84. The van der Waals surface area contributed by atoms with E-state index in [1.807, 2.05) is 61.9 Å². The molecule has 4 N–H and O–H groups in total. The minimum atomic E-state index is -0.497. The quantitative estimate of drug-likeness (QED) is 0.350. The molecular formula is C22H24N8. The van der Waals surface area contributed by atoms with Crippen LogP contribution < -0.4 is 11.1 Å². The van der Waals surface area contributed by atoms with Crippen LogP contribution in [0, 0.1) is 12.3 Å². The Balaban J connectivity index is 1.72. The minimum absolute atomic E-state index is 0.257. The van der Waals surface area contributed by atoms with Crippen LogP contribution in [-0.4, -0.2) is 37.1 Å². The maximum absolute atomic E-state index is 8.28. The SMILES string of the molecule is Cc1ccc(-c2nn(C(C)(C)CNC(=N)c3ccccn3)c3ncnc(N)c23)cc1. The van der Waals surface area contributed by atoms with E-state index in [2.05, 4.69) is 20.3 Å². The molecule has 3 aromatic heterocycles. The zero-order chi connectivity index (χ0) is 21.3.